The number of benzene rings is 1. The summed E-state index contributed by atoms with van der Waals surface area (Å²) in [4.78, 5) is 36.8. The lowest BCUT2D eigenvalue weighted by atomic mass is 10.2. The number of hydrogen-bond donors (Lipinski definition) is 2. The van der Waals surface area contributed by atoms with Crippen LogP contribution in [0.25, 0.3) is 0 Å². The molecule has 1 aliphatic rings. The number of ether oxygens (including phenoxy) is 2. The number of nitrogens with one attached hydrogen (secondary N) is 2. The molecule has 9 heteroatoms. The molecule has 2 rings (SSSR count). The van der Waals surface area contributed by atoms with Crippen LogP contribution in [0.4, 0.5) is 4.79 Å². The third-order valence-electron chi connectivity index (χ3n) is 3.41. The van der Waals surface area contributed by atoms with Gasteiger partial charge in [0.1, 0.15) is 0 Å². The Morgan fingerprint density at radius 3 is 2.58 bits per heavy atom. The van der Waals surface area contributed by atoms with E-state index < -0.39 is 5.91 Å². The first-order chi connectivity index (χ1) is 11.5. The number of rotatable bonds is 6. The Hall–Kier alpha value is -2.42. The smallest absolute Gasteiger partial charge is 0.281 e. The van der Waals surface area contributed by atoms with Crippen molar-refractivity contribution in [1.29, 1.82) is 0 Å². The maximum atomic E-state index is 12.0. The zero-order valence-electron chi connectivity index (χ0n) is 13.5. The summed E-state index contributed by atoms with van der Waals surface area (Å²) in [6, 6.07) is 4.68. The predicted molar refractivity (Wildman–Crippen MR) is 89.2 cm³/mol. The van der Waals surface area contributed by atoms with Crippen LogP contribution in [0.3, 0.4) is 0 Å². The largest absolute Gasteiger partial charge is 0.493 e. The predicted octanol–water partition coefficient (Wildman–Crippen LogP) is 1.02. The van der Waals surface area contributed by atoms with Crippen molar-refractivity contribution in [3.05, 3.63) is 23.8 Å². The molecule has 1 aromatic rings. The van der Waals surface area contributed by atoms with Crippen molar-refractivity contribution in [2.75, 3.05) is 33.1 Å². The molecule has 1 aliphatic heterocycles. The highest BCUT2D eigenvalue weighted by atomic mass is 32.2. The molecule has 24 heavy (non-hydrogen) atoms. The molecule has 0 bridgehead atoms. The second-order valence-electron chi connectivity index (χ2n) is 4.92. The molecular formula is C15H19N3O5S. The Morgan fingerprint density at radius 1 is 1.21 bits per heavy atom. The van der Waals surface area contributed by atoms with Crippen molar-refractivity contribution in [3.8, 4) is 11.5 Å². The van der Waals surface area contributed by atoms with E-state index >= 15 is 0 Å². The van der Waals surface area contributed by atoms with E-state index in [2.05, 4.69) is 10.9 Å². The van der Waals surface area contributed by atoms with Gasteiger partial charge in [0.15, 0.2) is 11.5 Å². The van der Waals surface area contributed by atoms with Gasteiger partial charge in [-0.3, -0.25) is 25.2 Å². The molecule has 2 N–H and O–H groups in total. The lowest BCUT2D eigenvalue weighted by Crippen LogP contribution is -2.42. The summed E-state index contributed by atoms with van der Waals surface area (Å²) < 4.78 is 10.2. The zero-order chi connectivity index (χ0) is 17.5. The number of nitrogens with zero attached hydrogens (tertiary/aromatic N) is 1. The fourth-order valence-electron chi connectivity index (χ4n) is 2.10. The number of thioether (sulfide) groups is 1. The van der Waals surface area contributed by atoms with Crippen molar-refractivity contribution in [1.82, 2.24) is 15.8 Å². The molecule has 1 heterocycles. The number of amides is 3. The molecule has 8 nitrogen and oxygen atoms in total. The Kier molecular flexibility index (Phi) is 6.30. The Bertz CT molecular complexity index is 638. The van der Waals surface area contributed by atoms with Gasteiger partial charge in [-0.25, -0.2) is 0 Å². The Labute approximate surface area is 143 Å². The molecule has 0 spiro atoms. The fourth-order valence-corrected chi connectivity index (χ4v) is 2.96. The zero-order valence-corrected chi connectivity index (χ0v) is 14.3. The quantitative estimate of drug-likeness (QED) is 0.741. The van der Waals surface area contributed by atoms with E-state index in [1.54, 1.807) is 17.0 Å². The fraction of sp³-hybridized carbons (Fsp3) is 0.400. The summed E-state index contributed by atoms with van der Waals surface area (Å²) in [6.07, 6.45) is 0.124. The monoisotopic (exact) mass is 353 g/mol. The average Bonchev–Trinajstić information content (AvgIpc) is 3.02. The van der Waals surface area contributed by atoms with Crippen molar-refractivity contribution < 1.29 is 23.9 Å². The lowest BCUT2D eigenvalue weighted by molar-refractivity contribution is -0.122. The van der Waals surface area contributed by atoms with Gasteiger partial charge in [-0.15, -0.1) is 0 Å². The first-order valence-corrected chi connectivity index (χ1v) is 8.26. The van der Waals surface area contributed by atoms with Crippen molar-refractivity contribution in [3.63, 3.8) is 0 Å². The van der Waals surface area contributed by atoms with Crippen molar-refractivity contribution >= 4 is 28.8 Å². The molecule has 130 valence electrons. The Balaban J connectivity index is 1.81. The summed E-state index contributed by atoms with van der Waals surface area (Å²) >= 11 is 1.24. The van der Waals surface area contributed by atoms with E-state index in [-0.39, 0.29) is 17.6 Å². The van der Waals surface area contributed by atoms with E-state index in [1.807, 2.05) is 0 Å². The number of carbonyl (C=O) groups is 3. The van der Waals surface area contributed by atoms with Gasteiger partial charge < -0.3 is 14.4 Å². The maximum absolute atomic E-state index is 12.0. The van der Waals surface area contributed by atoms with Crippen LogP contribution in [0.5, 0.6) is 11.5 Å². The second kappa shape index (κ2) is 8.44. The van der Waals surface area contributed by atoms with Crippen molar-refractivity contribution in [2.45, 2.75) is 6.42 Å². The van der Waals surface area contributed by atoms with Crippen LogP contribution in [0, 0.1) is 0 Å². The summed E-state index contributed by atoms with van der Waals surface area (Å²) in [5, 5.41) is -0.0165. The van der Waals surface area contributed by atoms with E-state index in [1.165, 1.54) is 32.0 Å². The molecule has 1 saturated heterocycles. The van der Waals surface area contributed by atoms with Crippen LogP contribution in [0.15, 0.2) is 18.2 Å². The first kappa shape index (κ1) is 17.9. The minimum Gasteiger partial charge on any atom is -0.493 e. The van der Waals surface area contributed by atoms with Crippen LogP contribution in [-0.2, 0) is 4.79 Å². The van der Waals surface area contributed by atoms with E-state index in [9.17, 15) is 14.4 Å². The normalized spacial score (nSPS) is 13.6. The standard InChI is InChI=1S/C15H19N3O5S/c1-22-11-4-3-10(9-12(11)23-2)14(20)17-16-13(19)5-6-18-7-8-24-15(18)21/h3-4,9H,5-8H2,1-2H3,(H,16,19)(H,17,20). The number of hydrazine groups is 1. The third kappa shape index (κ3) is 4.54. The van der Waals surface area contributed by atoms with E-state index in [0.29, 0.717) is 30.2 Å². The van der Waals surface area contributed by atoms with Crippen LogP contribution < -0.4 is 20.3 Å². The topological polar surface area (TPSA) is 97.0 Å². The first-order valence-electron chi connectivity index (χ1n) is 7.28. The van der Waals surface area contributed by atoms with Crippen molar-refractivity contribution in [2.24, 2.45) is 0 Å². The van der Waals surface area contributed by atoms with Gasteiger partial charge >= 0.3 is 0 Å². The molecule has 1 aromatic carbocycles. The van der Waals surface area contributed by atoms with Crippen LogP contribution in [0.2, 0.25) is 0 Å². The highest BCUT2D eigenvalue weighted by Gasteiger charge is 2.21. The molecule has 0 aromatic heterocycles. The minimum absolute atomic E-state index is 0.0165. The summed E-state index contributed by atoms with van der Waals surface area (Å²) in [7, 11) is 2.97. The van der Waals surface area contributed by atoms with Gasteiger partial charge in [0.05, 0.1) is 14.2 Å². The highest BCUT2D eigenvalue weighted by Crippen LogP contribution is 2.27. The molecule has 3 amide bonds. The summed E-state index contributed by atoms with van der Waals surface area (Å²) in [5.74, 6) is 0.828. The molecular weight excluding hydrogens is 334 g/mol. The third-order valence-corrected chi connectivity index (χ3v) is 4.31. The van der Waals surface area contributed by atoms with Gasteiger partial charge in [0.2, 0.25) is 5.91 Å². The number of hydrogen-bond acceptors (Lipinski definition) is 6. The minimum atomic E-state index is -0.475. The van der Waals surface area contributed by atoms with Crippen LogP contribution >= 0.6 is 11.8 Å². The summed E-state index contributed by atoms with van der Waals surface area (Å²) in [5.41, 5.74) is 4.98. The molecule has 1 fully saturated rings. The van der Waals surface area contributed by atoms with Gasteiger partial charge in [0, 0.05) is 30.8 Å². The molecule has 0 aliphatic carbocycles. The van der Waals surface area contributed by atoms with Gasteiger partial charge in [-0.05, 0) is 18.2 Å². The summed E-state index contributed by atoms with van der Waals surface area (Å²) in [6.45, 7) is 0.985. The number of carbonyl (C=O) groups excluding carboxylic acids is 3. The maximum Gasteiger partial charge on any atom is 0.281 e. The molecule has 0 saturated carbocycles. The molecule has 0 unspecified atom stereocenters. The average molecular weight is 353 g/mol. The van der Waals surface area contributed by atoms with Gasteiger partial charge in [0.25, 0.3) is 11.1 Å². The van der Waals surface area contributed by atoms with Gasteiger partial charge in [-0.2, -0.15) is 0 Å². The van der Waals surface area contributed by atoms with Crippen LogP contribution in [0.1, 0.15) is 16.8 Å². The SMILES string of the molecule is COc1ccc(C(=O)NNC(=O)CCN2CCSC2=O)cc1OC. The number of methoxy groups -OCH3 is 2. The second-order valence-corrected chi connectivity index (χ2v) is 5.97. The van der Waals surface area contributed by atoms with Crippen LogP contribution in [-0.4, -0.2) is 55.0 Å². The van der Waals surface area contributed by atoms with E-state index in [4.69, 9.17) is 9.47 Å². The van der Waals surface area contributed by atoms with Gasteiger partial charge in [-0.1, -0.05) is 11.8 Å². The molecule has 0 radical (unpaired) electrons. The van der Waals surface area contributed by atoms with E-state index in [0.717, 1.165) is 5.75 Å². The lowest BCUT2D eigenvalue weighted by Gasteiger charge is -2.14. The molecule has 0 atom stereocenters. The Morgan fingerprint density at radius 2 is 1.96 bits per heavy atom. The highest BCUT2D eigenvalue weighted by molar-refractivity contribution is 8.13.